The van der Waals surface area contributed by atoms with Crippen LogP contribution in [0.4, 0.5) is 5.13 Å². The van der Waals surface area contributed by atoms with E-state index in [-0.39, 0.29) is 5.91 Å². The summed E-state index contributed by atoms with van der Waals surface area (Å²) in [5, 5.41) is 3.54. The number of nitrogens with one attached hydrogen (secondary N) is 1. The van der Waals surface area contributed by atoms with Crippen molar-refractivity contribution in [2.45, 2.75) is 6.92 Å². The Morgan fingerprint density at radius 2 is 1.96 bits per heavy atom. The quantitative estimate of drug-likeness (QED) is 0.748. The Morgan fingerprint density at radius 3 is 2.62 bits per heavy atom. The molecular weight excluding hydrogens is 346 g/mol. The Hall–Kier alpha value is -2.44. The predicted molar refractivity (Wildman–Crippen MR) is 96.0 cm³/mol. The highest BCUT2D eigenvalue weighted by Crippen LogP contribution is 2.26. The maximum Gasteiger partial charge on any atom is 0.257 e. The second kappa shape index (κ2) is 6.98. The van der Waals surface area contributed by atoms with Crippen molar-refractivity contribution in [1.82, 2.24) is 9.36 Å². The summed E-state index contributed by atoms with van der Waals surface area (Å²) in [6.45, 7) is 2.02. The lowest BCUT2D eigenvalue weighted by molar-refractivity contribution is 0.102. The molecule has 2 aromatic carbocycles. The highest BCUT2D eigenvalue weighted by molar-refractivity contribution is 7.10. The predicted octanol–water partition coefficient (Wildman–Crippen LogP) is 4.43. The van der Waals surface area contributed by atoms with Crippen LogP contribution in [0.15, 0.2) is 42.5 Å². The fraction of sp³-hybridized carbons (Fsp3) is 0.118. The van der Waals surface area contributed by atoms with Crippen LogP contribution in [0.2, 0.25) is 5.02 Å². The number of ether oxygens (including phenoxy) is 1. The van der Waals surface area contributed by atoms with E-state index in [1.54, 1.807) is 18.2 Å². The van der Waals surface area contributed by atoms with Gasteiger partial charge in [0.25, 0.3) is 5.91 Å². The number of carbonyl (C=O) groups is 1. The van der Waals surface area contributed by atoms with Gasteiger partial charge in [-0.1, -0.05) is 41.4 Å². The first-order valence-electron chi connectivity index (χ1n) is 7.12. The minimum absolute atomic E-state index is 0.300. The van der Waals surface area contributed by atoms with Gasteiger partial charge in [-0.25, -0.2) is 0 Å². The Morgan fingerprint density at radius 1 is 1.21 bits per heavy atom. The first-order valence-corrected chi connectivity index (χ1v) is 8.27. The largest absolute Gasteiger partial charge is 0.495 e. The molecule has 0 aliphatic heterocycles. The first-order chi connectivity index (χ1) is 11.6. The van der Waals surface area contributed by atoms with Crippen LogP contribution in [0.25, 0.3) is 11.4 Å². The Kier molecular flexibility index (Phi) is 4.78. The molecule has 0 fully saturated rings. The lowest BCUT2D eigenvalue weighted by atomic mass is 10.1. The molecule has 1 aromatic heterocycles. The number of aromatic nitrogens is 2. The molecule has 1 N–H and O–H groups in total. The number of amides is 1. The number of carbonyl (C=O) groups excluding carboxylic acids is 1. The second-order valence-electron chi connectivity index (χ2n) is 5.09. The molecule has 5 nitrogen and oxygen atoms in total. The highest BCUT2D eigenvalue weighted by Gasteiger charge is 2.13. The van der Waals surface area contributed by atoms with Gasteiger partial charge in [-0.2, -0.15) is 9.36 Å². The molecule has 0 spiro atoms. The third-order valence-corrected chi connectivity index (χ3v) is 4.30. The van der Waals surface area contributed by atoms with Crippen molar-refractivity contribution in [3.63, 3.8) is 0 Å². The maximum absolute atomic E-state index is 12.3. The van der Waals surface area contributed by atoms with E-state index in [1.165, 1.54) is 12.7 Å². The van der Waals surface area contributed by atoms with Gasteiger partial charge < -0.3 is 4.74 Å². The van der Waals surface area contributed by atoms with Gasteiger partial charge in [-0.15, -0.1) is 0 Å². The summed E-state index contributed by atoms with van der Waals surface area (Å²) in [6, 6.07) is 12.7. The number of aryl methyl sites for hydroxylation is 1. The van der Waals surface area contributed by atoms with E-state index in [0.29, 0.717) is 27.3 Å². The van der Waals surface area contributed by atoms with E-state index in [1.807, 2.05) is 31.2 Å². The number of halogens is 1. The number of hydrogen-bond acceptors (Lipinski definition) is 5. The monoisotopic (exact) mass is 359 g/mol. The zero-order valence-corrected chi connectivity index (χ0v) is 14.6. The molecule has 1 heterocycles. The van der Waals surface area contributed by atoms with Crippen LogP contribution in [0.5, 0.6) is 5.75 Å². The van der Waals surface area contributed by atoms with Crippen LogP contribution in [-0.2, 0) is 0 Å². The van der Waals surface area contributed by atoms with E-state index < -0.39 is 0 Å². The average Bonchev–Trinajstić information content (AvgIpc) is 3.04. The standard InChI is InChI=1S/C17H14ClN3O2S/c1-10-3-5-11(6-4-10)15-19-17(24-21-15)20-16(22)12-7-8-14(23-2)13(18)9-12/h3-9H,1-2H3,(H,19,20,21,22). The summed E-state index contributed by atoms with van der Waals surface area (Å²) in [5.74, 6) is 0.806. The molecule has 0 aliphatic carbocycles. The van der Waals surface area contributed by atoms with Crippen molar-refractivity contribution < 1.29 is 9.53 Å². The van der Waals surface area contributed by atoms with E-state index >= 15 is 0 Å². The molecule has 0 saturated heterocycles. The van der Waals surface area contributed by atoms with Crippen molar-refractivity contribution in [2.24, 2.45) is 0 Å². The van der Waals surface area contributed by atoms with Crippen LogP contribution in [0.3, 0.4) is 0 Å². The van der Waals surface area contributed by atoms with Crippen molar-refractivity contribution in [2.75, 3.05) is 12.4 Å². The molecule has 0 aliphatic rings. The lowest BCUT2D eigenvalue weighted by Crippen LogP contribution is -2.11. The molecule has 24 heavy (non-hydrogen) atoms. The number of anilines is 1. The van der Waals surface area contributed by atoms with Gasteiger partial charge in [0.1, 0.15) is 5.75 Å². The van der Waals surface area contributed by atoms with E-state index in [2.05, 4.69) is 14.7 Å². The van der Waals surface area contributed by atoms with Gasteiger partial charge in [-0.3, -0.25) is 10.1 Å². The number of hydrogen-bond donors (Lipinski definition) is 1. The van der Waals surface area contributed by atoms with E-state index in [4.69, 9.17) is 16.3 Å². The Balaban J connectivity index is 1.75. The fourth-order valence-corrected chi connectivity index (χ4v) is 2.91. The molecule has 0 saturated carbocycles. The van der Waals surface area contributed by atoms with Crippen molar-refractivity contribution in [3.8, 4) is 17.1 Å². The smallest absolute Gasteiger partial charge is 0.257 e. The summed E-state index contributed by atoms with van der Waals surface area (Å²) in [5.41, 5.74) is 2.50. The van der Waals surface area contributed by atoms with Gasteiger partial charge in [0.15, 0.2) is 5.82 Å². The van der Waals surface area contributed by atoms with Gasteiger partial charge in [0, 0.05) is 22.7 Å². The molecule has 3 aromatic rings. The minimum atomic E-state index is -0.300. The second-order valence-corrected chi connectivity index (χ2v) is 6.25. The summed E-state index contributed by atoms with van der Waals surface area (Å²) in [4.78, 5) is 16.6. The molecule has 1 amide bonds. The molecule has 3 rings (SSSR count). The maximum atomic E-state index is 12.3. The average molecular weight is 360 g/mol. The summed E-state index contributed by atoms with van der Waals surface area (Å²) < 4.78 is 9.35. The molecule has 122 valence electrons. The normalized spacial score (nSPS) is 10.5. The molecule has 0 atom stereocenters. The summed E-state index contributed by atoms with van der Waals surface area (Å²) >= 11 is 7.18. The van der Waals surface area contributed by atoms with Crippen LogP contribution in [-0.4, -0.2) is 22.4 Å². The van der Waals surface area contributed by atoms with Gasteiger partial charge in [0.2, 0.25) is 5.13 Å². The molecule has 0 bridgehead atoms. The SMILES string of the molecule is COc1ccc(C(=O)Nc2nc(-c3ccc(C)cc3)ns2)cc1Cl. The van der Waals surface area contributed by atoms with Crippen molar-refractivity contribution in [1.29, 1.82) is 0 Å². The highest BCUT2D eigenvalue weighted by atomic mass is 35.5. The molecule has 0 unspecified atom stereocenters. The third-order valence-electron chi connectivity index (χ3n) is 3.37. The van der Waals surface area contributed by atoms with Crippen molar-refractivity contribution in [3.05, 3.63) is 58.6 Å². The van der Waals surface area contributed by atoms with Crippen LogP contribution in [0, 0.1) is 6.92 Å². The van der Waals surface area contributed by atoms with Crippen molar-refractivity contribution >= 4 is 34.2 Å². The van der Waals surface area contributed by atoms with Crippen LogP contribution in [0.1, 0.15) is 15.9 Å². The number of rotatable bonds is 4. The van der Waals surface area contributed by atoms with Crippen LogP contribution < -0.4 is 10.1 Å². The summed E-state index contributed by atoms with van der Waals surface area (Å²) in [6.07, 6.45) is 0. The van der Waals surface area contributed by atoms with Gasteiger partial charge >= 0.3 is 0 Å². The zero-order chi connectivity index (χ0) is 17.1. The number of nitrogens with zero attached hydrogens (tertiary/aromatic N) is 2. The molecule has 0 radical (unpaired) electrons. The minimum Gasteiger partial charge on any atom is -0.495 e. The molecular formula is C17H14ClN3O2S. The zero-order valence-electron chi connectivity index (χ0n) is 13.0. The van der Waals surface area contributed by atoms with E-state index in [9.17, 15) is 4.79 Å². The van der Waals surface area contributed by atoms with Gasteiger partial charge in [0.05, 0.1) is 12.1 Å². The van der Waals surface area contributed by atoms with Crippen LogP contribution >= 0.6 is 23.1 Å². The number of benzene rings is 2. The Bertz CT molecular complexity index is 878. The van der Waals surface area contributed by atoms with E-state index in [0.717, 1.165) is 17.1 Å². The first kappa shape index (κ1) is 16.4. The molecule has 7 heteroatoms. The Labute approximate surface area is 148 Å². The summed E-state index contributed by atoms with van der Waals surface area (Å²) in [7, 11) is 1.52. The van der Waals surface area contributed by atoms with Gasteiger partial charge in [-0.05, 0) is 25.1 Å². The fourth-order valence-electron chi connectivity index (χ4n) is 2.07. The number of methoxy groups -OCH3 is 1. The lowest BCUT2D eigenvalue weighted by Gasteiger charge is -2.05. The topological polar surface area (TPSA) is 64.1 Å². The third kappa shape index (κ3) is 3.55.